The van der Waals surface area contributed by atoms with E-state index >= 15 is 0 Å². The Balaban J connectivity index is 1.77. The summed E-state index contributed by atoms with van der Waals surface area (Å²) in [6, 6.07) is 20.5. The van der Waals surface area contributed by atoms with Crippen LogP contribution in [0.3, 0.4) is 0 Å². The second kappa shape index (κ2) is 9.68. The summed E-state index contributed by atoms with van der Waals surface area (Å²) in [6.07, 6.45) is -0.701. The molecule has 0 aliphatic carbocycles. The van der Waals surface area contributed by atoms with Gasteiger partial charge >= 0.3 is 0 Å². The van der Waals surface area contributed by atoms with E-state index in [2.05, 4.69) is 19.2 Å². The van der Waals surface area contributed by atoms with Crippen molar-refractivity contribution in [1.29, 1.82) is 0 Å². The minimum absolute atomic E-state index is 0.286. The Morgan fingerprint density at radius 1 is 0.933 bits per heavy atom. The number of nitrogens with one attached hydrogen (secondary N) is 1. The molecule has 0 unspecified atom stereocenters. The quantitative estimate of drug-likeness (QED) is 0.446. The number of hydrogen-bond donors (Lipinski definition) is 1. The molecule has 3 aromatic rings. The van der Waals surface area contributed by atoms with Gasteiger partial charge in [0.05, 0.1) is 5.69 Å². The van der Waals surface area contributed by atoms with Gasteiger partial charge in [-0.15, -0.1) is 0 Å². The fourth-order valence-electron chi connectivity index (χ4n) is 3.00. The Morgan fingerprint density at radius 2 is 1.67 bits per heavy atom. The highest BCUT2D eigenvalue weighted by molar-refractivity contribution is 6.31. The maximum Gasteiger partial charge on any atom is 0.265 e. The Kier molecular flexibility index (Phi) is 7.01. The lowest BCUT2D eigenvalue weighted by Crippen LogP contribution is -2.30. The Labute approximate surface area is 182 Å². The van der Waals surface area contributed by atoms with Crippen LogP contribution in [0.1, 0.15) is 37.8 Å². The molecule has 1 N–H and O–H groups in total. The minimum Gasteiger partial charge on any atom is -0.481 e. The fourth-order valence-corrected chi connectivity index (χ4v) is 3.18. The van der Waals surface area contributed by atoms with E-state index in [0.717, 1.165) is 16.9 Å². The lowest BCUT2D eigenvalue weighted by atomic mass is 10.0. The van der Waals surface area contributed by atoms with Crippen molar-refractivity contribution in [3.63, 3.8) is 0 Å². The summed E-state index contributed by atoms with van der Waals surface area (Å²) in [4.78, 5) is 12.9. The molecule has 0 fully saturated rings. The van der Waals surface area contributed by atoms with E-state index in [1.54, 1.807) is 25.1 Å². The van der Waals surface area contributed by atoms with Gasteiger partial charge in [0.1, 0.15) is 11.5 Å². The molecule has 30 heavy (non-hydrogen) atoms. The Morgan fingerprint density at radius 3 is 2.37 bits per heavy atom. The summed E-state index contributed by atoms with van der Waals surface area (Å²) in [6.45, 7) is 7.92. The number of ether oxygens (including phenoxy) is 2. The molecule has 3 aromatic carbocycles. The normalized spacial score (nSPS) is 11.8. The second-order valence-electron chi connectivity index (χ2n) is 7.50. The second-order valence-corrected chi connectivity index (χ2v) is 7.94. The zero-order valence-corrected chi connectivity index (χ0v) is 18.4. The first-order valence-electron chi connectivity index (χ1n) is 9.94. The predicted octanol–water partition coefficient (Wildman–Crippen LogP) is 6.97. The number of aryl methyl sites for hydroxylation is 1. The molecule has 1 amide bonds. The number of benzene rings is 3. The maximum atomic E-state index is 12.9. The van der Waals surface area contributed by atoms with E-state index in [4.69, 9.17) is 21.1 Å². The highest BCUT2D eigenvalue weighted by Gasteiger charge is 2.19. The van der Waals surface area contributed by atoms with Gasteiger partial charge in [0.25, 0.3) is 5.91 Å². The van der Waals surface area contributed by atoms with E-state index in [0.29, 0.717) is 22.2 Å². The summed E-state index contributed by atoms with van der Waals surface area (Å²) in [5, 5.41) is 3.38. The first-order valence-corrected chi connectivity index (χ1v) is 10.3. The Hall–Kier alpha value is -2.98. The molecule has 3 rings (SSSR count). The third kappa shape index (κ3) is 5.55. The van der Waals surface area contributed by atoms with Crippen molar-refractivity contribution in [1.82, 2.24) is 0 Å². The van der Waals surface area contributed by atoms with Gasteiger partial charge in [-0.25, -0.2) is 0 Å². The van der Waals surface area contributed by atoms with Crippen molar-refractivity contribution in [2.45, 2.75) is 39.7 Å². The average molecular weight is 424 g/mol. The van der Waals surface area contributed by atoms with Crippen LogP contribution in [0.15, 0.2) is 66.7 Å². The molecule has 0 heterocycles. The van der Waals surface area contributed by atoms with Gasteiger partial charge in [-0.2, -0.15) is 0 Å². The molecular formula is C25H26ClNO3. The first kappa shape index (κ1) is 21.7. The van der Waals surface area contributed by atoms with Gasteiger partial charge in [0.2, 0.25) is 0 Å². The SMILES string of the molecule is Cc1ccc(C(C)C)c(O[C@H](C)C(=O)Nc2cc(Cl)ccc2Oc2ccccc2)c1. The highest BCUT2D eigenvalue weighted by Crippen LogP contribution is 2.33. The molecule has 0 aliphatic rings. The molecule has 0 bridgehead atoms. The van der Waals surface area contributed by atoms with Gasteiger partial charge in [-0.3, -0.25) is 4.79 Å². The van der Waals surface area contributed by atoms with Gasteiger partial charge in [0, 0.05) is 5.02 Å². The monoisotopic (exact) mass is 423 g/mol. The molecule has 1 atom stereocenters. The van der Waals surface area contributed by atoms with Gasteiger partial charge in [-0.05, 0) is 67.3 Å². The lowest BCUT2D eigenvalue weighted by Gasteiger charge is -2.20. The number of carbonyl (C=O) groups is 1. The van der Waals surface area contributed by atoms with Crippen LogP contribution in [0.5, 0.6) is 17.2 Å². The van der Waals surface area contributed by atoms with Crippen molar-refractivity contribution in [2.24, 2.45) is 0 Å². The molecular weight excluding hydrogens is 398 g/mol. The number of halogens is 1. The summed E-state index contributed by atoms with van der Waals surface area (Å²) < 4.78 is 11.9. The van der Waals surface area contributed by atoms with Crippen LogP contribution < -0.4 is 14.8 Å². The van der Waals surface area contributed by atoms with Gasteiger partial charge in [-0.1, -0.05) is 55.8 Å². The van der Waals surface area contributed by atoms with E-state index in [1.807, 2.05) is 55.5 Å². The summed E-state index contributed by atoms with van der Waals surface area (Å²) in [7, 11) is 0. The van der Waals surface area contributed by atoms with E-state index in [1.165, 1.54) is 0 Å². The van der Waals surface area contributed by atoms with Crippen molar-refractivity contribution >= 4 is 23.2 Å². The van der Waals surface area contributed by atoms with E-state index in [-0.39, 0.29) is 11.8 Å². The topological polar surface area (TPSA) is 47.6 Å². The standard InChI is InChI=1S/C25H26ClNO3/c1-16(2)21-12-10-17(3)14-24(21)29-18(4)25(28)27-22-15-19(26)11-13-23(22)30-20-8-6-5-7-9-20/h5-16,18H,1-4H3,(H,27,28)/t18-/m1/s1. The molecule has 0 spiro atoms. The molecule has 5 heteroatoms. The summed E-state index contributed by atoms with van der Waals surface area (Å²) >= 11 is 6.15. The van der Waals surface area contributed by atoms with Crippen molar-refractivity contribution in [3.05, 3.63) is 82.9 Å². The molecule has 0 radical (unpaired) electrons. The number of anilines is 1. The molecule has 0 saturated carbocycles. The highest BCUT2D eigenvalue weighted by atomic mass is 35.5. The third-order valence-electron chi connectivity index (χ3n) is 4.63. The van der Waals surface area contributed by atoms with Crippen molar-refractivity contribution in [2.75, 3.05) is 5.32 Å². The molecule has 0 aromatic heterocycles. The van der Waals surface area contributed by atoms with Crippen LogP contribution >= 0.6 is 11.6 Å². The molecule has 156 valence electrons. The average Bonchev–Trinajstić information content (AvgIpc) is 2.70. The van der Waals surface area contributed by atoms with Crippen molar-refractivity contribution < 1.29 is 14.3 Å². The lowest BCUT2D eigenvalue weighted by molar-refractivity contribution is -0.122. The van der Waals surface area contributed by atoms with Crippen LogP contribution in [0.25, 0.3) is 0 Å². The largest absolute Gasteiger partial charge is 0.481 e. The summed E-state index contributed by atoms with van der Waals surface area (Å²) in [5.41, 5.74) is 2.63. The number of amides is 1. The first-order chi connectivity index (χ1) is 14.3. The summed E-state index contributed by atoms with van der Waals surface area (Å²) in [5.74, 6) is 1.89. The van der Waals surface area contributed by atoms with Crippen LogP contribution in [-0.2, 0) is 4.79 Å². The van der Waals surface area contributed by atoms with Crippen molar-refractivity contribution in [3.8, 4) is 17.2 Å². The Bertz CT molecular complexity index is 1020. The number of rotatable bonds is 7. The smallest absolute Gasteiger partial charge is 0.265 e. The molecule has 4 nitrogen and oxygen atoms in total. The van der Waals surface area contributed by atoms with Crippen LogP contribution in [0.4, 0.5) is 5.69 Å². The number of para-hydroxylation sites is 1. The van der Waals surface area contributed by atoms with Gasteiger partial charge in [0.15, 0.2) is 11.9 Å². The van der Waals surface area contributed by atoms with Gasteiger partial charge < -0.3 is 14.8 Å². The van der Waals surface area contributed by atoms with E-state index in [9.17, 15) is 4.79 Å². The van der Waals surface area contributed by atoms with Crippen LogP contribution in [0.2, 0.25) is 5.02 Å². The number of carbonyl (C=O) groups excluding carboxylic acids is 1. The third-order valence-corrected chi connectivity index (χ3v) is 4.87. The van der Waals surface area contributed by atoms with E-state index < -0.39 is 6.10 Å². The zero-order chi connectivity index (χ0) is 21.7. The fraction of sp³-hybridized carbons (Fsp3) is 0.240. The minimum atomic E-state index is -0.701. The van der Waals surface area contributed by atoms with Crippen LogP contribution in [0, 0.1) is 6.92 Å². The van der Waals surface area contributed by atoms with Crippen LogP contribution in [-0.4, -0.2) is 12.0 Å². The molecule has 0 saturated heterocycles. The predicted molar refractivity (Wildman–Crippen MR) is 122 cm³/mol. The maximum absolute atomic E-state index is 12.9. The number of hydrogen-bond acceptors (Lipinski definition) is 3. The molecule has 0 aliphatic heterocycles. The zero-order valence-electron chi connectivity index (χ0n) is 17.6.